The number of aliphatic imine (C=N–C) groups is 1. The SMILES string of the molecule is CCNC(=NCc1ccc(C(N)=O)o1)NC1CCN(Cc2ccc(F)cc2)CC1.I. The van der Waals surface area contributed by atoms with E-state index in [-0.39, 0.29) is 35.6 Å². The van der Waals surface area contributed by atoms with Gasteiger partial charge in [0.2, 0.25) is 0 Å². The Labute approximate surface area is 193 Å². The smallest absolute Gasteiger partial charge is 0.284 e. The Morgan fingerprint density at radius 1 is 1.23 bits per heavy atom. The third-order valence-corrected chi connectivity index (χ3v) is 4.89. The van der Waals surface area contributed by atoms with Gasteiger partial charge in [-0.15, -0.1) is 24.0 Å². The average Bonchev–Trinajstić information content (AvgIpc) is 3.19. The molecule has 1 fully saturated rings. The second kappa shape index (κ2) is 11.9. The van der Waals surface area contributed by atoms with Crippen molar-refractivity contribution in [2.75, 3.05) is 19.6 Å². The molecule has 9 heteroatoms. The molecule has 4 N–H and O–H groups in total. The van der Waals surface area contributed by atoms with Crippen molar-refractivity contribution in [3.8, 4) is 0 Å². The largest absolute Gasteiger partial charge is 0.454 e. The average molecular weight is 529 g/mol. The summed E-state index contributed by atoms with van der Waals surface area (Å²) < 4.78 is 18.4. The molecule has 1 aromatic heterocycles. The highest BCUT2D eigenvalue weighted by Crippen LogP contribution is 2.14. The molecule has 2 heterocycles. The summed E-state index contributed by atoms with van der Waals surface area (Å²) in [7, 11) is 0. The van der Waals surface area contributed by atoms with E-state index < -0.39 is 5.91 Å². The number of nitrogens with one attached hydrogen (secondary N) is 2. The summed E-state index contributed by atoms with van der Waals surface area (Å²) in [4.78, 5) is 18.0. The molecule has 7 nitrogen and oxygen atoms in total. The number of rotatable bonds is 7. The van der Waals surface area contributed by atoms with E-state index >= 15 is 0 Å². The molecule has 1 aliphatic heterocycles. The number of primary amides is 1. The standard InChI is InChI=1S/C21H28FN5O2.HI/c1-2-24-21(25-13-18-7-8-19(29-18)20(23)28)26-17-9-11-27(12-10-17)14-15-3-5-16(22)6-4-15;/h3-8,17H,2,9-14H2,1H3,(H2,23,28)(H2,24,25,26);1H. The zero-order valence-corrected chi connectivity index (χ0v) is 19.4. The van der Waals surface area contributed by atoms with Crippen LogP contribution in [0.2, 0.25) is 0 Å². The molecule has 0 spiro atoms. The number of hydrogen-bond acceptors (Lipinski definition) is 4. The fourth-order valence-corrected chi connectivity index (χ4v) is 3.35. The van der Waals surface area contributed by atoms with Gasteiger partial charge in [0.15, 0.2) is 11.7 Å². The molecule has 0 unspecified atom stereocenters. The summed E-state index contributed by atoms with van der Waals surface area (Å²) in [5, 5.41) is 6.72. The minimum atomic E-state index is -0.586. The normalized spacial score (nSPS) is 15.5. The Morgan fingerprint density at radius 3 is 2.53 bits per heavy atom. The van der Waals surface area contributed by atoms with Gasteiger partial charge in [0.25, 0.3) is 5.91 Å². The number of carbonyl (C=O) groups excluding carboxylic acids is 1. The molecule has 164 valence electrons. The third-order valence-electron chi connectivity index (χ3n) is 4.89. The first kappa shape index (κ1) is 24.1. The van der Waals surface area contributed by atoms with Crippen molar-refractivity contribution < 1.29 is 13.6 Å². The first-order valence-electron chi connectivity index (χ1n) is 9.93. The molecule has 1 saturated heterocycles. The molecule has 1 amide bonds. The summed E-state index contributed by atoms with van der Waals surface area (Å²) in [5.41, 5.74) is 6.33. The lowest BCUT2D eigenvalue weighted by Crippen LogP contribution is -2.48. The fourth-order valence-electron chi connectivity index (χ4n) is 3.35. The Balaban J connectivity index is 0.00000320. The summed E-state index contributed by atoms with van der Waals surface area (Å²) in [6, 6.07) is 10.3. The Hall–Kier alpha value is -2.14. The molecule has 1 aliphatic rings. The Morgan fingerprint density at radius 2 is 1.93 bits per heavy atom. The van der Waals surface area contributed by atoms with E-state index in [0.29, 0.717) is 18.3 Å². The van der Waals surface area contributed by atoms with Gasteiger partial charge < -0.3 is 20.8 Å². The van der Waals surface area contributed by atoms with Gasteiger partial charge in [-0.1, -0.05) is 12.1 Å². The summed E-state index contributed by atoms with van der Waals surface area (Å²) >= 11 is 0. The van der Waals surface area contributed by atoms with Crippen LogP contribution in [0.1, 0.15) is 41.6 Å². The number of halogens is 2. The number of carbonyl (C=O) groups is 1. The topological polar surface area (TPSA) is 95.9 Å². The highest BCUT2D eigenvalue weighted by Gasteiger charge is 2.20. The predicted molar refractivity (Wildman–Crippen MR) is 125 cm³/mol. The number of nitrogens with two attached hydrogens (primary N) is 1. The zero-order chi connectivity index (χ0) is 20.6. The minimum absolute atomic E-state index is 0. The maximum Gasteiger partial charge on any atom is 0.284 e. The van der Waals surface area contributed by atoms with Gasteiger partial charge >= 0.3 is 0 Å². The van der Waals surface area contributed by atoms with Crippen LogP contribution in [0.4, 0.5) is 4.39 Å². The number of furan rings is 1. The van der Waals surface area contributed by atoms with E-state index in [1.165, 1.54) is 12.1 Å². The predicted octanol–water partition coefficient (Wildman–Crippen LogP) is 2.86. The van der Waals surface area contributed by atoms with Gasteiger partial charge in [0.05, 0.1) is 0 Å². The second-order valence-corrected chi connectivity index (χ2v) is 7.15. The first-order valence-corrected chi connectivity index (χ1v) is 9.93. The zero-order valence-electron chi connectivity index (χ0n) is 17.1. The molecular weight excluding hydrogens is 500 g/mol. The lowest BCUT2D eigenvalue weighted by Gasteiger charge is -2.33. The molecular formula is C21H29FIN5O2. The molecule has 2 aromatic rings. The van der Waals surface area contributed by atoms with Crippen LogP contribution in [0.15, 0.2) is 45.8 Å². The van der Waals surface area contributed by atoms with Crippen LogP contribution in [0, 0.1) is 5.82 Å². The van der Waals surface area contributed by atoms with E-state index in [1.54, 1.807) is 12.1 Å². The van der Waals surface area contributed by atoms with Gasteiger partial charge in [0.1, 0.15) is 18.1 Å². The van der Waals surface area contributed by atoms with Crippen LogP contribution >= 0.6 is 24.0 Å². The van der Waals surface area contributed by atoms with Crippen molar-refractivity contribution in [1.29, 1.82) is 0 Å². The number of guanidine groups is 1. The van der Waals surface area contributed by atoms with E-state index in [4.69, 9.17) is 10.2 Å². The number of benzene rings is 1. The van der Waals surface area contributed by atoms with Crippen LogP contribution in [0.25, 0.3) is 0 Å². The maximum absolute atomic E-state index is 13.0. The molecule has 0 radical (unpaired) electrons. The lowest BCUT2D eigenvalue weighted by molar-refractivity contribution is 0.0972. The molecule has 3 rings (SSSR count). The number of hydrogen-bond donors (Lipinski definition) is 3. The summed E-state index contributed by atoms with van der Waals surface area (Å²) in [5.74, 6) is 0.665. The van der Waals surface area contributed by atoms with Crippen LogP contribution in [0.5, 0.6) is 0 Å². The molecule has 0 aliphatic carbocycles. The molecule has 0 bridgehead atoms. The van der Waals surface area contributed by atoms with Crippen molar-refractivity contribution in [1.82, 2.24) is 15.5 Å². The van der Waals surface area contributed by atoms with Gasteiger partial charge in [-0.3, -0.25) is 9.69 Å². The van der Waals surface area contributed by atoms with E-state index in [2.05, 4.69) is 20.5 Å². The summed E-state index contributed by atoms with van der Waals surface area (Å²) in [6.07, 6.45) is 2.00. The van der Waals surface area contributed by atoms with E-state index in [0.717, 1.165) is 50.5 Å². The van der Waals surface area contributed by atoms with Crippen molar-refractivity contribution >= 4 is 35.8 Å². The Bertz CT molecular complexity index is 832. The van der Waals surface area contributed by atoms with Crippen LogP contribution in [0.3, 0.4) is 0 Å². The van der Waals surface area contributed by atoms with Gasteiger partial charge in [-0.25, -0.2) is 9.38 Å². The van der Waals surface area contributed by atoms with Gasteiger partial charge in [-0.05, 0) is 49.6 Å². The van der Waals surface area contributed by atoms with Gasteiger partial charge in [0, 0.05) is 32.2 Å². The van der Waals surface area contributed by atoms with Crippen LogP contribution in [-0.2, 0) is 13.1 Å². The number of piperidine rings is 1. The van der Waals surface area contributed by atoms with Crippen molar-refractivity contribution in [2.24, 2.45) is 10.7 Å². The van der Waals surface area contributed by atoms with Gasteiger partial charge in [-0.2, -0.15) is 0 Å². The van der Waals surface area contributed by atoms with Crippen molar-refractivity contribution in [3.63, 3.8) is 0 Å². The van der Waals surface area contributed by atoms with E-state index in [1.807, 2.05) is 19.1 Å². The minimum Gasteiger partial charge on any atom is -0.454 e. The molecule has 1 aromatic carbocycles. The number of likely N-dealkylation sites (tertiary alicyclic amines) is 1. The number of amides is 1. The third kappa shape index (κ3) is 7.28. The molecule has 30 heavy (non-hydrogen) atoms. The highest BCUT2D eigenvalue weighted by molar-refractivity contribution is 14.0. The Kier molecular flexibility index (Phi) is 9.57. The fraction of sp³-hybridized carbons (Fsp3) is 0.429. The highest BCUT2D eigenvalue weighted by atomic mass is 127. The van der Waals surface area contributed by atoms with E-state index in [9.17, 15) is 9.18 Å². The quantitative estimate of drug-likeness (QED) is 0.291. The lowest BCUT2D eigenvalue weighted by atomic mass is 10.0. The van der Waals surface area contributed by atoms with Crippen molar-refractivity contribution in [3.05, 3.63) is 59.3 Å². The van der Waals surface area contributed by atoms with Crippen LogP contribution in [-0.4, -0.2) is 42.4 Å². The van der Waals surface area contributed by atoms with Crippen molar-refractivity contribution in [2.45, 2.75) is 38.9 Å². The monoisotopic (exact) mass is 529 g/mol. The first-order chi connectivity index (χ1) is 14.0. The second-order valence-electron chi connectivity index (χ2n) is 7.15. The number of nitrogens with zero attached hydrogens (tertiary/aromatic N) is 2. The molecule has 0 atom stereocenters. The maximum atomic E-state index is 13.0. The molecule has 0 saturated carbocycles. The van der Waals surface area contributed by atoms with Crippen LogP contribution < -0.4 is 16.4 Å². The summed E-state index contributed by atoms with van der Waals surface area (Å²) in [6.45, 7) is 5.86.